The normalized spacial score (nSPS) is 17.6. The molecular weight excluding hydrogens is 367 g/mol. The van der Waals surface area contributed by atoms with Gasteiger partial charge in [-0.2, -0.15) is 0 Å². The Morgan fingerprint density at radius 1 is 0.519 bits per heavy atom. The van der Waals surface area contributed by atoms with E-state index in [1.807, 2.05) is 0 Å². The first-order valence-electron chi connectivity index (χ1n) is 10.1. The van der Waals surface area contributed by atoms with Gasteiger partial charge in [0.1, 0.15) is 0 Å². The van der Waals surface area contributed by atoms with E-state index >= 15 is 0 Å². The van der Waals surface area contributed by atoms with Crippen LogP contribution in [0.25, 0.3) is 0 Å². The predicted molar refractivity (Wildman–Crippen MR) is 122 cm³/mol. The van der Waals surface area contributed by atoms with E-state index in [2.05, 4.69) is 91.0 Å². The molecule has 0 atom stereocenters. The average molecular weight is 395 g/mol. The molecule has 1 aliphatic rings. The van der Waals surface area contributed by atoms with Gasteiger partial charge in [0.2, 0.25) is 0 Å². The summed E-state index contributed by atoms with van der Waals surface area (Å²) < 4.78 is 0. The summed E-state index contributed by atoms with van der Waals surface area (Å²) in [6.07, 6.45) is 7.64. The fraction of sp³-hybridized carbons (Fsp3) is 0.280. The fourth-order valence-electron chi connectivity index (χ4n) is 4.98. The Labute approximate surface area is 168 Å². The van der Waals surface area contributed by atoms with Crippen LogP contribution in [0, 0.1) is 0 Å². The summed E-state index contributed by atoms with van der Waals surface area (Å²) in [6, 6.07) is 32.9. The molecule has 1 saturated carbocycles. The molecule has 0 amide bonds. The Kier molecular flexibility index (Phi) is 5.40. The number of hydrogen-bond donors (Lipinski definition) is 0. The third-order valence-corrected chi connectivity index (χ3v) is 14.7. The number of benzene rings is 3. The van der Waals surface area contributed by atoms with E-state index in [1.165, 1.54) is 54.4 Å². The molecule has 4 rings (SSSR count). The van der Waals surface area contributed by atoms with Crippen molar-refractivity contribution >= 4 is 33.1 Å². The maximum absolute atomic E-state index is 8.26. The topological polar surface area (TPSA) is 0 Å². The molecule has 2 heteroatoms. The van der Waals surface area contributed by atoms with Crippen molar-refractivity contribution in [1.29, 1.82) is 0 Å². The molecule has 0 heterocycles. The van der Waals surface area contributed by atoms with Crippen molar-refractivity contribution in [2.45, 2.75) is 44.2 Å². The second kappa shape index (κ2) is 7.78. The molecule has 140 valence electrons. The van der Waals surface area contributed by atoms with Crippen LogP contribution in [0.5, 0.6) is 0 Å². The van der Waals surface area contributed by atoms with Gasteiger partial charge in [0.15, 0.2) is 0 Å². The zero-order valence-electron chi connectivity index (χ0n) is 15.8. The molecule has 0 nitrogen and oxygen atoms in total. The molecule has 0 aromatic heterocycles. The third kappa shape index (κ3) is 3.04. The van der Waals surface area contributed by atoms with Crippen molar-refractivity contribution in [2.75, 3.05) is 0 Å². The van der Waals surface area contributed by atoms with Gasteiger partial charge >= 0.3 is 168 Å². The summed E-state index contributed by atoms with van der Waals surface area (Å²) in [6.45, 7) is 0. The van der Waals surface area contributed by atoms with Gasteiger partial charge in [-0.05, 0) is 0 Å². The second-order valence-electron chi connectivity index (χ2n) is 7.73. The zero-order chi connectivity index (χ0) is 18.6. The van der Waals surface area contributed by atoms with Crippen molar-refractivity contribution < 1.29 is 0 Å². The Bertz CT molecular complexity index is 753. The van der Waals surface area contributed by atoms with Crippen LogP contribution in [0.1, 0.15) is 38.5 Å². The molecule has 0 radical (unpaired) electrons. The van der Waals surface area contributed by atoms with Crippen LogP contribution in [-0.4, -0.2) is 5.66 Å². The zero-order valence-corrected chi connectivity index (χ0v) is 17.5. The van der Waals surface area contributed by atoms with Crippen LogP contribution >= 0.6 is 17.2 Å². The van der Waals surface area contributed by atoms with Gasteiger partial charge in [-0.15, -0.1) is 0 Å². The first-order chi connectivity index (χ1) is 13.2. The van der Waals surface area contributed by atoms with E-state index in [-0.39, 0.29) is 0 Å². The Morgan fingerprint density at radius 3 is 1.19 bits per heavy atom. The third-order valence-electron chi connectivity index (χ3n) is 6.29. The first-order valence-corrected chi connectivity index (χ1v) is 13.4. The van der Waals surface area contributed by atoms with Crippen molar-refractivity contribution in [1.82, 2.24) is 0 Å². The SMILES string of the molecule is ClP(c1ccccc1)(c1ccccc1)(c1ccccc1)C1CCCCCC1. The van der Waals surface area contributed by atoms with Crippen LogP contribution in [0.2, 0.25) is 0 Å². The number of hydrogen-bond acceptors (Lipinski definition) is 0. The van der Waals surface area contributed by atoms with E-state index < -0.39 is 5.96 Å². The molecule has 0 bridgehead atoms. The summed E-state index contributed by atoms with van der Waals surface area (Å²) >= 11 is 8.26. The van der Waals surface area contributed by atoms with Crippen LogP contribution in [0.3, 0.4) is 0 Å². The molecule has 0 N–H and O–H groups in total. The van der Waals surface area contributed by atoms with Crippen LogP contribution in [0.4, 0.5) is 0 Å². The molecule has 27 heavy (non-hydrogen) atoms. The maximum atomic E-state index is 8.26. The molecule has 1 aliphatic carbocycles. The van der Waals surface area contributed by atoms with Crippen molar-refractivity contribution in [3.63, 3.8) is 0 Å². The van der Waals surface area contributed by atoms with E-state index in [9.17, 15) is 0 Å². The van der Waals surface area contributed by atoms with E-state index in [1.54, 1.807) is 0 Å². The van der Waals surface area contributed by atoms with Gasteiger partial charge in [-0.25, -0.2) is 0 Å². The summed E-state index contributed by atoms with van der Waals surface area (Å²) in [4.78, 5) is 0. The molecule has 3 aromatic carbocycles. The monoisotopic (exact) mass is 394 g/mol. The summed E-state index contributed by atoms with van der Waals surface area (Å²) in [5.41, 5.74) is 0.479. The predicted octanol–water partition coefficient (Wildman–Crippen LogP) is 6.39. The number of halogens is 1. The average Bonchev–Trinajstić information content (AvgIpc) is 3.05. The van der Waals surface area contributed by atoms with Crippen molar-refractivity contribution in [2.24, 2.45) is 0 Å². The van der Waals surface area contributed by atoms with Gasteiger partial charge < -0.3 is 0 Å². The first kappa shape index (κ1) is 18.7. The van der Waals surface area contributed by atoms with Crippen LogP contribution in [0.15, 0.2) is 91.0 Å². The Morgan fingerprint density at radius 2 is 0.852 bits per heavy atom. The van der Waals surface area contributed by atoms with E-state index in [0.717, 1.165) is 0 Å². The molecule has 1 fully saturated rings. The van der Waals surface area contributed by atoms with E-state index in [4.69, 9.17) is 11.2 Å². The molecule has 0 saturated heterocycles. The minimum atomic E-state index is -3.10. The second-order valence-corrected chi connectivity index (χ2v) is 14.3. The Hall–Kier alpha value is -1.62. The van der Waals surface area contributed by atoms with Gasteiger partial charge in [-0.3, -0.25) is 0 Å². The molecule has 0 unspecified atom stereocenters. The fourth-order valence-corrected chi connectivity index (χ4v) is 12.3. The van der Waals surface area contributed by atoms with Gasteiger partial charge in [-0.1, -0.05) is 0 Å². The quantitative estimate of drug-likeness (QED) is 0.355. The summed E-state index contributed by atoms with van der Waals surface area (Å²) in [7, 11) is 0. The van der Waals surface area contributed by atoms with Gasteiger partial charge in [0, 0.05) is 0 Å². The van der Waals surface area contributed by atoms with Crippen LogP contribution in [-0.2, 0) is 0 Å². The van der Waals surface area contributed by atoms with Gasteiger partial charge in [0.05, 0.1) is 0 Å². The minimum absolute atomic E-state index is 0.479. The van der Waals surface area contributed by atoms with Crippen molar-refractivity contribution in [3.05, 3.63) is 91.0 Å². The van der Waals surface area contributed by atoms with Crippen molar-refractivity contribution in [3.8, 4) is 0 Å². The molecule has 0 spiro atoms. The molecule has 0 aliphatic heterocycles. The van der Waals surface area contributed by atoms with E-state index in [0.29, 0.717) is 5.66 Å². The summed E-state index contributed by atoms with van der Waals surface area (Å²) in [5, 5.41) is 3.94. The summed E-state index contributed by atoms with van der Waals surface area (Å²) in [5.74, 6) is -3.10. The Balaban J connectivity index is 2.09. The number of rotatable bonds is 4. The standard InChI is InChI=1S/C25H28ClP/c26-27(23-16-8-3-9-17-23,24-18-10-4-11-19-24,25-20-12-5-13-21-25)22-14-6-1-2-7-15-22/h3-5,8-13,16-22H,1-2,6-7,14-15H2. The molecular formula is C25H28ClP. The van der Waals surface area contributed by atoms with Crippen LogP contribution < -0.4 is 15.9 Å². The molecule has 3 aromatic rings. The van der Waals surface area contributed by atoms with Gasteiger partial charge in [0.25, 0.3) is 0 Å².